The summed E-state index contributed by atoms with van der Waals surface area (Å²) in [5.41, 5.74) is 0.849. The summed E-state index contributed by atoms with van der Waals surface area (Å²) in [7, 11) is 0. The van der Waals surface area contributed by atoms with E-state index in [1.54, 1.807) is 42.5 Å². The van der Waals surface area contributed by atoms with Crippen LogP contribution < -0.4 is 10.6 Å². The lowest BCUT2D eigenvalue weighted by atomic mass is 10.2. The zero-order valence-electron chi connectivity index (χ0n) is 11.7. The third kappa shape index (κ3) is 5.46. The molecule has 0 aliphatic carbocycles. The quantitative estimate of drug-likeness (QED) is 0.803. The molecule has 114 valence electrons. The van der Waals surface area contributed by atoms with E-state index in [2.05, 4.69) is 10.6 Å². The highest BCUT2D eigenvalue weighted by Gasteiger charge is 2.04. The van der Waals surface area contributed by atoms with Gasteiger partial charge < -0.3 is 15.1 Å². The van der Waals surface area contributed by atoms with Crippen LogP contribution in [-0.4, -0.2) is 18.4 Å². The highest BCUT2D eigenvalue weighted by molar-refractivity contribution is 6.30. The molecular formula is C16H15ClN2O3. The number of carbonyl (C=O) groups excluding carboxylic acids is 2. The van der Waals surface area contributed by atoms with E-state index < -0.39 is 0 Å². The largest absolute Gasteiger partial charge is 0.467 e. The molecule has 5 nitrogen and oxygen atoms in total. The summed E-state index contributed by atoms with van der Waals surface area (Å²) in [6.45, 7) is 0.201. The molecule has 0 fully saturated rings. The molecule has 0 aliphatic heterocycles. The van der Waals surface area contributed by atoms with Gasteiger partial charge >= 0.3 is 0 Å². The number of amides is 2. The summed E-state index contributed by atoms with van der Waals surface area (Å²) in [5.74, 6) is 0.0232. The average Bonchev–Trinajstić information content (AvgIpc) is 3.04. The summed E-state index contributed by atoms with van der Waals surface area (Å²) < 4.78 is 5.08. The number of furan rings is 1. The number of carbonyl (C=O) groups is 2. The maximum absolute atomic E-state index is 11.6. The van der Waals surface area contributed by atoms with Crippen LogP contribution in [0.1, 0.15) is 11.3 Å². The Morgan fingerprint density at radius 3 is 2.59 bits per heavy atom. The van der Waals surface area contributed by atoms with Crippen molar-refractivity contribution >= 4 is 29.5 Å². The number of hydrogen-bond donors (Lipinski definition) is 2. The van der Waals surface area contributed by atoms with Crippen molar-refractivity contribution in [3.05, 3.63) is 65.1 Å². The van der Waals surface area contributed by atoms with Gasteiger partial charge in [-0.1, -0.05) is 23.7 Å². The van der Waals surface area contributed by atoms with Gasteiger partial charge in [0.1, 0.15) is 5.76 Å². The van der Waals surface area contributed by atoms with Crippen molar-refractivity contribution in [2.24, 2.45) is 0 Å². The minimum absolute atomic E-state index is 0.0928. The SMILES string of the molecule is O=C(/C=C/c1ccc(Cl)cc1)NCC(=O)NCc1ccco1. The van der Waals surface area contributed by atoms with Gasteiger partial charge in [0.2, 0.25) is 11.8 Å². The fourth-order valence-corrected chi connectivity index (χ4v) is 1.76. The molecule has 0 saturated carbocycles. The molecule has 1 aromatic carbocycles. The molecule has 0 spiro atoms. The first-order chi connectivity index (χ1) is 10.6. The lowest BCUT2D eigenvalue weighted by molar-refractivity contribution is -0.124. The zero-order valence-corrected chi connectivity index (χ0v) is 12.5. The maximum atomic E-state index is 11.6. The number of benzene rings is 1. The minimum atomic E-state index is -0.344. The van der Waals surface area contributed by atoms with Crippen LogP contribution in [0.5, 0.6) is 0 Å². The van der Waals surface area contributed by atoms with Crippen LogP contribution in [-0.2, 0) is 16.1 Å². The average molecular weight is 319 g/mol. The second-order valence-corrected chi connectivity index (χ2v) is 4.90. The number of halogens is 1. The van der Waals surface area contributed by atoms with Crippen molar-refractivity contribution in [3.63, 3.8) is 0 Å². The predicted molar refractivity (Wildman–Crippen MR) is 84.1 cm³/mol. The second-order valence-electron chi connectivity index (χ2n) is 4.46. The summed E-state index contributed by atoms with van der Waals surface area (Å²) in [4.78, 5) is 23.1. The normalized spacial score (nSPS) is 10.6. The monoisotopic (exact) mass is 318 g/mol. The fraction of sp³-hybridized carbons (Fsp3) is 0.125. The Morgan fingerprint density at radius 2 is 1.91 bits per heavy atom. The lowest BCUT2D eigenvalue weighted by Crippen LogP contribution is -2.35. The molecule has 2 aromatic rings. The van der Waals surface area contributed by atoms with E-state index in [9.17, 15) is 9.59 Å². The van der Waals surface area contributed by atoms with Crippen LogP contribution in [0.25, 0.3) is 6.08 Å². The van der Waals surface area contributed by atoms with E-state index in [0.29, 0.717) is 17.3 Å². The molecular weight excluding hydrogens is 304 g/mol. The van der Waals surface area contributed by atoms with Crippen LogP contribution in [0, 0.1) is 0 Å². The Balaban J connectivity index is 1.70. The van der Waals surface area contributed by atoms with Gasteiger partial charge in [-0.25, -0.2) is 0 Å². The van der Waals surface area contributed by atoms with Crippen LogP contribution >= 0.6 is 11.6 Å². The predicted octanol–water partition coefficient (Wildman–Crippen LogP) is 2.38. The Kier molecular flexibility index (Phi) is 5.80. The molecule has 0 unspecified atom stereocenters. The van der Waals surface area contributed by atoms with E-state index >= 15 is 0 Å². The van der Waals surface area contributed by atoms with Crippen LogP contribution in [0.15, 0.2) is 53.2 Å². The van der Waals surface area contributed by atoms with Crippen molar-refractivity contribution in [1.82, 2.24) is 10.6 Å². The molecule has 2 rings (SSSR count). The van der Waals surface area contributed by atoms with Crippen LogP contribution in [0.2, 0.25) is 5.02 Å². The standard InChI is InChI=1S/C16H15ClN2O3/c17-13-6-3-12(4-7-13)5-8-15(20)19-11-16(21)18-10-14-2-1-9-22-14/h1-9H,10-11H2,(H,18,21)(H,19,20)/b8-5+. The van der Waals surface area contributed by atoms with Gasteiger partial charge in [-0.3, -0.25) is 9.59 Å². The van der Waals surface area contributed by atoms with E-state index in [0.717, 1.165) is 5.56 Å². The highest BCUT2D eigenvalue weighted by atomic mass is 35.5. The summed E-state index contributed by atoms with van der Waals surface area (Å²) >= 11 is 5.77. The molecule has 0 saturated heterocycles. The van der Waals surface area contributed by atoms with E-state index in [1.165, 1.54) is 12.3 Å². The van der Waals surface area contributed by atoms with Crippen molar-refractivity contribution in [2.45, 2.75) is 6.54 Å². The van der Waals surface area contributed by atoms with Crippen molar-refractivity contribution < 1.29 is 14.0 Å². The van der Waals surface area contributed by atoms with E-state index in [-0.39, 0.29) is 18.4 Å². The Bertz CT molecular complexity index is 649. The summed E-state index contributed by atoms with van der Waals surface area (Å²) in [6.07, 6.45) is 4.54. The van der Waals surface area contributed by atoms with Gasteiger partial charge in [-0.15, -0.1) is 0 Å². The molecule has 0 aliphatic rings. The molecule has 0 bridgehead atoms. The van der Waals surface area contributed by atoms with Crippen molar-refractivity contribution in [1.29, 1.82) is 0 Å². The van der Waals surface area contributed by atoms with E-state index in [1.807, 2.05) is 0 Å². The van der Waals surface area contributed by atoms with Gasteiger partial charge in [0, 0.05) is 11.1 Å². The number of nitrogens with one attached hydrogen (secondary N) is 2. The van der Waals surface area contributed by atoms with Crippen molar-refractivity contribution in [3.8, 4) is 0 Å². The fourth-order valence-electron chi connectivity index (χ4n) is 1.63. The third-order valence-corrected chi connectivity index (χ3v) is 3.01. The molecule has 22 heavy (non-hydrogen) atoms. The van der Waals surface area contributed by atoms with Crippen LogP contribution in [0.4, 0.5) is 0 Å². The number of rotatable bonds is 6. The Morgan fingerprint density at radius 1 is 1.14 bits per heavy atom. The summed E-state index contributed by atoms with van der Waals surface area (Å²) in [6, 6.07) is 10.6. The molecule has 0 radical (unpaired) electrons. The van der Waals surface area contributed by atoms with Crippen LogP contribution in [0.3, 0.4) is 0 Å². The lowest BCUT2D eigenvalue weighted by Gasteiger charge is -2.03. The highest BCUT2D eigenvalue weighted by Crippen LogP contribution is 2.10. The molecule has 1 heterocycles. The topological polar surface area (TPSA) is 71.3 Å². The maximum Gasteiger partial charge on any atom is 0.244 e. The second kappa shape index (κ2) is 8.05. The molecule has 1 aromatic heterocycles. The first-order valence-electron chi connectivity index (χ1n) is 6.64. The third-order valence-electron chi connectivity index (χ3n) is 2.76. The summed E-state index contributed by atoms with van der Waals surface area (Å²) in [5, 5.41) is 5.77. The Hall–Kier alpha value is -2.53. The van der Waals surface area contributed by atoms with Gasteiger partial charge in [0.15, 0.2) is 0 Å². The van der Waals surface area contributed by atoms with Gasteiger partial charge in [0.25, 0.3) is 0 Å². The zero-order chi connectivity index (χ0) is 15.8. The molecule has 6 heteroatoms. The first-order valence-corrected chi connectivity index (χ1v) is 7.02. The molecule has 2 N–H and O–H groups in total. The van der Waals surface area contributed by atoms with Gasteiger partial charge in [-0.2, -0.15) is 0 Å². The number of hydrogen-bond acceptors (Lipinski definition) is 3. The minimum Gasteiger partial charge on any atom is -0.467 e. The first kappa shape index (κ1) is 15.9. The molecule has 0 atom stereocenters. The smallest absolute Gasteiger partial charge is 0.244 e. The van der Waals surface area contributed by atoms with Crippen molar-refractivity contribution in [2.75, 3.05) is 6.54 Å². The Labute approximate surface area is 133 Å². The van der Waals surface area contributed by atoms with Gasteiger partial charge in [-0.05, 0) is 35.9 Å². The van der Waals surface area contributed by atoms with E-state index in [4.69, 9.17) is 16.0 Å². The van der Waals surface area contributed by atoms with Gasteiger partial charge in [0.05, 0.1) is 19.4 Å². The molecule has 2 amide bonds.